The summed E-state index contributed by atoms with van der Waals surface area (Å²) in [5.74, 6) is -1.29. The van der Waals surface area contributed by atoms with Crippen molar-refractivity contribution in [1.29, 1.82) is 0 Å². The van der Waals surface area contributed by atoms with E-state index in [4.69, 9.17) is 30.5 Å². The number of halogens is 1. The van der Waals surface area contributed by atoms with Gasteiger partial charge >= 0.3 is 12.1 Å². The van der Waals surface area contributed by atoms with Crippen LogP contribution in [0.2, 0.25) is 5.02 Å². The molecule has 44 heavy (non-hydrogen) atoms. The number of carbonyl (C=O) groups is 3. The Labute approximate surface area is 263 Å². The molecule has 1 aromatic rings. The maximum atomic E-state index is 13.8. The largest absolute Gasteiger partial charge is 0.457 e. The van der Waals surface area contributed by atoms with Crippen molar-refractivity contribution in [3.63, 3.8) is 0 Å². The zero-order chi connectivity index (χ0) is 32.6. The van der Waals surface area contributed by atoms with Crippen LogP contribution in [0.25, 0.3) is 0 Å². The number of hydrogen-bond acceptors (Lipinski definition) is 9. The van der Waals surface area contributed by atoms with Gasteiger partial charge in [0.2, 0.25) is 5.91 Å². The van der Waals surface area contributed by atoms with Crippen molar-refractivity contribution >= 4 is 35.3 Å². The van der Waals surface area contributed by atoms with Gasteiger partial charge in [-0.1, -0.05) is 48.4 Å². The van der Waals surface area contributed by atoms with E-state index < -0.39 is 59.8 Å². The van der Waals surface area contributed by atoms with Gasteiger partial charge in [0.15, 0.2) is 5.72 Å². The molecule has 8 atom stereocenters. The summed E-state index contributed by atoms with van der Waals surface area (Å²) in [5.41, 5.74) is 0.475. The predicted octanol–water partition coefficient (Wildman–Crippen LogP) is 3.58. The average molecular weight is 634 g/mol. The lowest BCUT2D eigenvalue weighted by atomic mass is 9.83. The first kappa shape index (κ1) is 33.9. The van der Waals surface area contributed by atoms with Gasteiger partial charge in [-0.05, 0) is 58.4 Å². The molecule has 3 aliphatic rings. The molecule has 4 bridgehead atoms. The molecule has 0 aliphatic carbocycles. The first-order chi connectivity index (χ1) is 20.6. The Bertz CT molecular complexity index is 1350. The number of fused-ring (bicyclic) bond motifs is 5. The van der Waals surface area contributed by atoms with Crippen molar-refractivity contribution in [1.82, 2.24) is 10.6 Å². The Kier molecular flexibility index (Phi) is 10.2. The number of alkyl carbamates (subject to hydrolysis) is 1. The van der Waals surface area contributed by atoms with E-state index in [2.05, 4.69) is 10.6 Å². The second-order valence-electron chi connectivity index (χ2n) is 12.3. The van der Waals surface area contributed by atoms with E-state index in [9.17, 15) is 19.5 Å². The van der Waals surface area contributed by atoms with Crippen molar-refractivity contribution in [2.24, 2.45) is 5.92 Å². The highest BCUT2D eigenvalue weighted by Crippen LogP contribution is 2.49. The predicted molar refractivity (Wildman–Crippen MR) is 165 cm³/mol. The SMILES string of the molecule is CN[C@@H](C)C(=O)O[C@H]1CC(=O)N(C)c2cc(cc(C)c2Cl)C/C(C)=C/C=C/[C@@H](OC)[C@]2(O)C[C@H](OC(=O)N2)[C@@H](C)C2O[C@]21C. The lowest BCUT2D eigenvalue weighted by Gasteiger charge is -2.42. The Morgan fingerprint density at radius 1 is 1.30 bits per heavy atom. The third kappa shape index (κ3) is 6.97. The monoisotopic (exact) mass is 633 g/mol. The smallest absolute Gasteiger partial charge is 0.409 e. The van der Waals surface area contributed by atoms with Crippen molar-refractivity contribution in [2.75, 3.05) is 26.1 Å². The minimum atomic E-state index is -1.76. The van der Waals surface area contributed by atoms with E-state index in [0.717, 1.165) is 16.7 Å². The first-order valence-electron chi connectivity index (χ1n) is 14.8. The molecule has 0 radical (unpaired) electrons. The number of amides is 2. The number of aryl methyl sites for hydroxylation is 1. The summed E-state index contributed by atoms with van der Waals surface area (Å²) in [7, 11) is 4.74. The molecular weight excluding hydrogens is 590 g/mol. The molecule has 3 heterocycles. The van der Waals surface area contributed by atoms with Gasteiger partial charge < -0.3 is 34.3 Å². The number of methoxy groups -OCH3 is 1. The highest BCUT2D eigenvalue weighted by atomic mass is 35.5. The fourth-order valence-electron chi connectivity index (χ4n) is 6.00. The topological polar surface area (TPSA) is 139 Å². The van der Waals surface area contributed by atoms with Crippen LogP contribution >= 0.6 is 11.6 Å². The fourth-order valence-corrected chi connectivity index (χ4v) is 6.24. The molecule has 12 heteroatoms. The molecule has 3 aliphatic heterocycles. The molecule has 0 aromatic heterocycles. The van der Waals surface area contributed by atoms with Crippen LogP contribution in [-0.4, -0.2) is 86.1 Å². The molecule has 4 rings (SSSR count). The molecule has 2 saturated heterocycles. The quantitative estimate of drug-likeness (QED) is 0.335. The molecule has 3 N–H and O–H groups in total. The van der Waals surface area contributed by atoms with E-state index in [1.165, 1.54) is 12.0 Å². The maximum Gasteiger partial charge on any atom is 0.409 e. The van der Waals surface area contributed by atoms with E-state index in [-0.39, 0.29) is 18.7 Å². The Hall–Kier alpha value is -2.96. The van der Waals surface area contributed by atoms with Crippen molar-refractivity contribution < 1.29 is 38.4 Å². The van der Waals surface area contributed by atoms with Gasteiger partial charge in [-0.2, -0.15) is 0 Å². The first-order valence-corrected chi connectivity index (χ1v) is 15.2. The van der Waals surface area contributed by atoms with Gasteiger partial charge in [0.05, 0.1) is 23.2 Å². The molecule has 0 saturated carbocycles. The molecule has 0 spiro atoms. The normalized spacial score (nSPS) is 35.4. The molecule has 1 aromatic carbocycles. The summed E-state index contributed by atoms with van der Waals surface area (Å²) in [6.07, 6.45) is 1.81. The van der Waals surface area contributed by atoms with Crippen LogP contribution in [-0.2, 0) is 35.0 Å². The molecule has 2 fully saturated rings. The third-order valence-corrected chi connectivity index (χ3v) is 9.48. The number of allylic oxidation sites excluding steroid dienone is 3. The lowest BCUT2D eigenvalue weighted by molar-refractivity contribution is -0.155. The van der Waals surface area contributed by atoms with Crippen molar-refractivity contribution in [2.45, 2.75) is 95.7 Å². The Morgan fingerprint density at radius 2 is 2.00 bits per heavy atom. The second-order valence-corrected chi connectivity index (χ2v) is 12.7. The number of benzene rings is 1. The van der Waals surface area contributed by atoms with Gasteiger partial charge in [0.1, 0.15) is 30.0 Å². The number of epoxide rings is 1. The molecule has 242 valence electrons. The highest BCUT2D eigenvalue weighted by molar-refractivity contribution is 6.34. The van der Waals surface area contributed by atoms with Crippen LogP contribution < -0.4 is 15.5 Å². The van der Waals surface area contributed by atoms with Gasteiger partial charge in [0.25, 0.3) is 0 Å². The third-order valence-electron chi connectivity index (χ3n) is 8.99. The fraction of sp³-hybridized carbons (Fsp3) is 0.594. The average Bonchev–Trinajstić information content (AvgIpc) is 3.66. The molecule has 1 unspecified atom stereocenters. The van der Waals surface area contributed by atoms with E-state index in [0.29, 0.717) is 17.1 Å². The van der Waals surface area contributed by atoms with Crippen LogP contribution in [0, 0.1) is 12.8 Å². The zero-order valence-electron chi connectivity index (χ0n) is 26.6. The number of likely N-dealkylation sites (N-methyl/N-ethyl adjacent to an activating group) is 1. The summed E-state index contributed by atoms with van der Waals surface area (Å²) in [6, 6.07) is 3.23. The van der Waals surface area contributed by atoms with Crippen molar-refractivity contribution in [3.05, 3.63) is 52.1 Å². The summed E-state index contributed by atoms with van der Waals surface area (Å²) < 4.78 is 23.3. The Morgan fingerprint density at radius 3 is 2.66 bits per heavy atom. The summed E-state index contributed by atoms with van der Waals surface area (Å²) >= 11 is 6.70. The maximum absolute atomic E-state index is 13.8. The Balaban J connectivity index is 1.78. The number of rotatable bonds is 4. The number of anilines is 1. The number of nitrogens with zero attached hydrogens (tertiary/aromatic N) is 1. The number of esters is 1. The van der Waals surface area contributed by atoms with Crippen molar-refractivity contribution in [3.8, 4) is 0 Å². The standard InChI is InChI=1S/C32H44ClN3O8/c1-17-10-9-11-24(41-8)32(40)16-23(42-30(39)35-32)19(3)28-31(5,44-28)25(43-29(38)20(4)34-6)15-26(37)36(7)22-14-21(12-17)13-18(2)27(22)33/h9-11,13-14,19-20,23-25,28,34,40H,12,15-16H2,1-8H3,(H,35,39)/b11-9+,17-10+/t19-,20+,23+,24-,25+,28?,31+,32-/m1/s1. The number of hydrogen-bond donors (Lipinski definition) is 3. The van der Waals surface area contributed by atoms with Crippen LogP contribution in [0.15, 0.2) is 35.9 Å². The second kappa shape index (κ2) is 13.2. The number of carbonyl (C=O) groups excluding carboxylic acids is 3. The van der Waals surface area contributed by atoms with Gasteiger partial charge in [-0.15, -0.1) is 0 Å². The summed E-state index contributed by atoms with van der Waals surface area (Å²) in [6.45, 7) is 9.12. The molecule has 2 amide bonds. The van der Waals surface area contributed by atoms with E-state index >= 15 is 0 Å². The van der Waals surface area contributed by atoms with Crippen LogP contribution in [0.3, 0.4) is 0 Å². The van der Waals surface area contributed by atoms with E-state index in [1.54, 1.807) is 40.1 Å². The van der Waals surface area contributed by atoms with Crippen LogP contribution in [0.4, 0.5) is 10.5 Å². The van der Waals surface area contributed by atoms with Gasteiger partial charge in [0, 0.05) is 26.5 Å². The van der Waals surface area contributed by atoms with Crippen LogP contribution in [0.5, 0.6) is 0 Å². The van der Waals surface area contributed by atoms with E-state index in [1.807, 2.05) is 39.0 Å². The number of ether oxygens (including phenoxy) is 4. The number of aliphatic hydroxyl groups is 1. The molecule has 11 nitrogen and oxygen atoms in total. The van der Waals surface area contributed by atoms with Gasteiger partial charge in [-0.25, -0.2) is 4.79 Å². The minimum absolute atomic E-state index is 0.00785. The van der Waals surface area contributed by atoms with Gasteiger partial charge in [-0.3, -0.25) is 14.9 Å². The summed E-state index contributed by atoms with van der Waals surface area (Å²) in [5, 5.41) is 17.4. The lowest BCUT2D eigenvalue weighted by Crippen LogP contribution is -2.63. The highest BCUT2D eigenvalue weighted by Gasteiger charge is 2.64. The molecular formula is C32H44ClN3O8. The summed E-state index contributed by atoms with van der Waals surface area (Å²) in [4.78, 5) is 40.9. The zero-order valence-corrected chi connectivity index (χ0v) is 27.4. The minimum Gasteiger partial charge on any atom is -0.457 e. The number of nitrogens with one attached hydrogen (secondary N) is 2. The van der Waals surface area contributed by atoms with Crippen LogP contribution in [0.1, 0.15) is 51.7 Å².